The lowest BCUT2D eigenvalue weighted by Crippen LogP contribution is -2.40. The van der Waals surface area contributed by atoms with E-state index in [4.69, 9.17) is 9.40 Å². The second kappa shape index (κ2) is 13.1. The highest BCUT2D eigenvalue weighted by Gasteiger charge is 2.32. The number of aryl methyl sites for hydroxylation is 2. The van der Waals surface area contributed by atoms with Gasteiger partial charge in [-0.2, -0.15) is 0 Å². The van der Waals surface area contributed by atoms with E-state index in [1.165, 1.54) is 81.0 Å². The lowest BCUT2D eigenvalue weighted by atomic mass is 9.80. The van der Waals surface area contributed by atoms with Crippen LogP contribution in [0.1, 0.15) is 99.5 Å². The Morgan fingerprint density at radius 2 is 1.76 bits per heavy atom. The van der Waals surface area contributed by atoms with E-state index in [9.17, 15) is 0 Å². The van der Waals surface area contributed by atoms with Gasteiger partial charge in [-0.05, 0) is 80.4 Å². The molecule has 0 radical (unpaired) electrons. The summed E-state index contributed by atoms with van der Waals surface area (Å²) in [4.78, 5) is 7.55. The van der Waals surface area contributed by atoms with Gasteiger partial charge in [0, 0.05) is 6.54 Å². The first-order valence-corrected chi connectivity index (χ1v) is 15.4. The molecule has 1 saturated carbocycles. The maximum absolute atomic E-state index is 6.60. The van der Waals surface area contributed by atoms with Crippen molar-refractivity contribution >= 4 is 0 Å². The van der Waals surface area contributed by atoms with E-state index < -0.39 is 0 Å². The van der Waals surface area contributed by atoms with Gasteiger partial charge in [-0.3, -0.25) is 4.90 Å². The smallest absolute Gasteiger partial charge is 0.202 e. The molecule has 204 valence electrons. The first-order valence-electron chi connectivity index (χ1n) is 15.4. The van der Waals surface area contributed by atoms with Gasteiger partial charge in [-0.25, -0.2) is 4.98 Å². The molecule has 5 atom stereocenters. The Bertz CT molecular complexity index is 1100. The highest BCUT2D eigenvalue weighted by atomic mass is 16.4. The van der Waals surface area contributed by atoms with Crippen LogP contribution in [0.2, 0.25) is 0 Å². The van der Waals surface area contributed by atoms with E-state index in [1.54, 1.807) is 0 Å². The largest absolute Gasteiger partial charge is 0.444 e. The van der Waals surface area contributed by atoms with Gasteiger partial charge in [0.25, 0.3) is 0 Å². The number of hydrogen-bond donors (Lipinski definition) is 0. The van der Waals surface area contributed by atoms with Crippen molar-refractivity contribution in [2.45, 2.75) is 91.0 Å². The minimum atomic E-state index is 0.267. The number of aromatic nitrogens is 1. The SMILES string of the molecule is CCC1CCN(Cc2cnc(C(c3ccccc3)C3CCCC(C)CC3)o2)CC1CCc1ccc(C)cc1. The highest BCUT2D eigenvalue weighted by Crippen LogP contribution is 2.41. The number of nitrogens with zero attached hydrogens (tertiary/aromatic N) is 2. The minimum absolute atomic E-state index is 0.267. The van der Waals surface area contributed by atoms with Crippen LogP contribution in [-0.2, 0) is 13.0 Å². The molecule has 5 rings (SSSR count). The van der Waals surface area contributed by atoms with Crippen LogP contribution in [0, 0.1) is 30.6 Å². The molecule has 2 aromatic carbocycles. The Morgan fingerprint density at radius 1 is 0.947 bits per heavy atom. The molecule has 0 N–H and O–H groups in total. The summed E-state index contributed by atoms with van der Waals surface area (Å²) in [6.07, 6.45) is 13.6. The number of oxazole rings is 1. The van der Waals surface area contributed by atoms with Gasteiger partial charge in [0.15, 0.2) is 0 Å². The van der Waals surface area contributed by atoms with Crippen molar-refractivity contribution in [3.8, 4) is 0 Å². The van der Waals surface area contributed by atoms with Crippen LogP contribution in [0.5, 0.6) is 0 Å². The Labute approximate surface area is 231 Å². The van der Waals surface area contributed by atoms with Gasteiger partial charge >= 0.3 is 0 Å². The first-order chi connectivity index (χ1) is 18.6. The molecule has 1 aromatic heterocycles. The third kappa shape index (κ3) is 6.97. The summed E-state index contributed by atoms with van der Waals surface area (Å²) in [6, 6.07) is 20.1. The summed E-state index contributed by atoms with van der Waals surface area (Å²) < 4.78 is 6.60. The molecule has 1 aliphatic carbocycles. The Morgan fingerprint density at radius 3 is 2.55 bits per heavy atom. The zero-order valence-corrected chi connectivity index (χ0v) is 23.9. The fourth-order valence-electron chi connectivity index (χ4n) is 7.16. The molecule has 0 bridgehead atoms. The minimum Gasteiger partial charge on any atom is -0.444 e. The normalized spacial score (nSPS) is 25.7. The average Bonchev–Trinajstić information content (AvgIpc) is 3.28. The van der Waals surface area contributed by atoms with Crippen molar-refractivity contribution in [2.24, 2.45) is 23.7 Å². The number of piperidine rings is 1. The number of rotatable bonds is 9. The predicted molar refractivity (Wildman–Crippen MR) is 157 cm³/mol. The molecule has 3 nitrogen and oxygen atoms in total. The van der Waals surface area contributed by atoms with Crippen LogP contribution in [0.4, 0.5) is 0 Å². The fourth-order valence-corrected chi connectivity index (χ4v) is 7.16. The molecule has 3 aromatic rings. The number of likely N-dealkylation sites (tertiary alicyclic amines) is 1. The third-order valence-electron chi connectivity index (χ3n) is 9.57. The topological polar surface area (TPSA) is 29.3 Å². The van der Waals surface area contributed by atoms with Gasteiger partial charge in [-0.15, -0.1) is 0 Å². The Balaban J connectivity index is 1.26. The van der Waals surface area contributed by atoms with Gasteiger partial charge < -0.3 is 4.42 Å². The molecule has 2 aliphatic rings. The summed E-state index contributed by atoms with van der Waals surface area (Å²) >= 11 is 0. The van der Waals surface area contributed by atoms with E-state index in [0.717, 1.165) is 42.5 Å². The van der Waals surface area contributed by atoms with Crippen molar-refractivity contribution in [1.29, 1.82) is 0 Å². The number of hydrogen-bond acceptors (Lipinski definition) is 3. The molecule has 2 fully saturated rings. The van der Waals surface area contributed by atoms with Gasteiger partial charge in [0.2, 0.25) is 5.89 Å². The zero-order valence-electron chi connectivity index (χ0n) is 23.9. The van der Waals surface area contributed by atoms with Gasteiger partial charge in [-0.1, -0.05) is 99.7 Å². The van der Waals surface area contributed by atoms with Crippen molar-refractivity contribution < 1.29 is 4.42 Å². The Kier molecular flexibility index (Phi) is 9.38. The van der Waals surface area contributed by atoms with Gasteiger partial charge in [0.05, 0.1) is 18.7 Å². The Hall–Kier alpha value is -2.39. The van der Waals surface area contributed by atoms with Crippen LogP contribution >= 0.6 is 0 Å². The standard InChI is InChI=1S/C35H48N2O/c1-4-29-21-22-37(24-32(29)20-18-28-16-13-27(3)14-17-28)25-33-23-36-35(38-33)34(30-10-6-5-7-11-30)31-12-8-9-26(2)15-19-31/h5-7,10-11,13-14,16-17,23,26,29,31-32,34H,4,8-9,12,15,18-22,24-25H2,1-3H3. The summed E-state index contributed by atoms with van der Waals surface area (Å²) in [5, 5.41) is 0. The molecule has 1 saturated heterocycles. The van der Waals surface area contributed by atoms with Gasteiger partial charge in [0.1, 0.15) is 5.76 Å². The van der Waals surface area contributed by atoms with Crippen LogP contribution in [0.15, 0.2) is 65.2 Å². The zero-order chi connectivity index (χ0) is 26.3. The monoisotopic (exact) mass is 512 g/mol. The van der Waals surface area contributed by atoms with Crippen LogP contribution in [-0.4, -0.2) is 23.0 Å². The second-order valence-corrected chi connectivity index (χ2v) is 12.4. The predicted octanol–water partition coefficient (Wildman–Crippen LogP) is 8.81. The maximum atomic E-state index is 6.60. The molecule has 1 aliphatic heterocycles. The lowest BCUT2D eigenvalue weighted by molar-refractivity contribution is 0.0981. The molecule has 0 spiro atoms. The third-order valence-corrected chi connectivity index (χ3v) is 9.57. The van der Waals surface area contributed by atoms with E-state index >= 15 is 0 Å². The van der Waals surface area contributed by atoms with E-state index in [2.05, 4.69) is 80.3 Å². The summed E-state index contributed by atoms with van der Waals surface area (Å²) in [6.45, 7) is 10.2. The van der Waals surface area contributed by atoms with Crippen molar-refractivity contribution in [3.05, 3.63) is 89.1 Å². The first kappa shape index (κ1) is 27.2. The molecular formula is C35H48N2O. The number of benzene rings is 2. The van der Waals surface area contributed by atoms with Crippen molar-refractivity contribution in [2.75, 3.05) is 13.1 Å². The van der Waals surface area contributed by atoms with Crippen LogP contribution in [0.25, 0.3) is 0 Å². The van der Waals surface area contributed by atoms with E-state index in [0.29, 0.717) is 5.92 Å². The summed E-state index contributed by atoms with van der Waals surface area (Å²) in [5.74, 6) is 5.27. The molecular weight excluding hydrogens is 464 g/mol. The highest BCUT2D eigenvalue weighted by molar-refractivity contribution is 5.26. The second-order valence-electron chi connectivity index (χ2n) is 12.4. The molecule has 2 heterocycles. The fraction of sp³-hybridized carbons (Fsp3) is 0.571. The van der Waals surface area contributed by atoms with E-state index in [1.807, 2.05) is 6.20 Å². The van der Waals surface area contributed by atoms with Crippen molar-refractivity contribution in [1.82, 2.24) is 9.88 Å². The van der Waals surface area contributed by atoms with Crippen LogP contribution in [0.3, 0.4) is 0 Å². The van der Waals surface area contributed by atoms with Crippen LogP contribution < -0.4 is 0 Å². The molecule has 3 heteroatoms. The summed E-state index contributed by atoms with van der Waals surface area (Å²) in [7, 11) is 0. The van der Waals surface area contributed by atoms with Crippen molar-refractivity contribution in [3.63, 3.8) is 0 Å². The molecule has 38 heavy (non-hydrogen) atoms. The summed E-state index contributed by atoms with van der Waals surface area (Å²) in [5.41, 5.74) is 4.18. The van der Waals surface area contributed by atoms with E-state index in [-0.39, 0.29) is 5.92 Å². The maximum Gasteiger partial charge on any atom is 0.202 e. The lowest BCUT2D eigenvalue weighted by Gasteiger charge is -2.38. The molecule has 5 unspecified atom stereocenters. The quantitative estimate of drug-likeness (QED) is 0.268. The molecule has 0 amide bonds. The average molecular weight is 513 g/mol.